The van der Waals surface area contributed by atoms with E-state index in [1.54, 1.807) is 0 Å². The summed E-state index contributed by atoms with van der Waals surface area (Å²) in [4.78, 5) is 5.72. The van der Waals surface area contributed by atoms with Crippen LogP contribution >= 0.6 is 7.92 Å². The van der Waals surface area contributed by atoms with Crippen molar-refractivity contribution in [2.24, 2.45) is 10.9 Å². The molecule has 3 aromatic carbocycles. The van der Waals surface area contributed by atoms with Gasteiger partial charge in [-0.1, -0.05) is 101 Å². The quantitative estimate of drug-likeness (QED) is 0.368. The predicted molar refractivity (Wildman–Crippen MR) is 151 cm³/mol. The Labute approximate surface area is 211 Å². The molecule has 0 amide bonds. The van der Waals surface area contributed by atoms with Crippen LogP contribution in [0, 0.1) is 5.92 Å². The monoisotopic (exact) mass is 483 g/mol. The summed E-state index contributed by atoms with van der Waals surface area (Å²) < 4.78 is 0. The Bertz CT molecular complexity index is 1200. The van der Waals surface area contributed by atoms with E-state index in [2.05, 4.69) is 54.6 Å². The minimum absolute atomic E-state index is 0.119. The van der Waals surface area contributed by atoms with E-state index in [1.807, 2.05) is 12.1 Å². The first-order valence-corrected chi connectivity index (χ1v) is 15.5. The first-order valence-electron chi connectivity index (χ1n) is 13.9. The normalized spacial score (nSPS) is 27.5. The van der Waals surface area contributed by atoms with Crippen LogP contribution < -0.4 is 0 Å². The average Bonchev–Trinajstić information content (AvgIpc) is 3.30. The molecule has 2 nitrogen and oxygen atoms in total. The number of phenolic OH excluding ortho intramolecular Hbond substituents is 1. The van der Waals surface area contributed by atoms with Gasteiger partial charge < -0.3 is 5.11 Å². The second-order valence-corrected chi connectivity index (χ2v) is 13.5. The van der Waals surface area contributed by atoms with Gasteiger partial charge in [-0.25, -0.2) is 0 Å². The lowest BCUT2D eigenvalue weighted by Gasteiger charge is -2.42. The molecule has 1 aliphatic heterocycles. The summed E-state index contributed by atoms with van der Waals surface area (Å²) in [5.41, 5.74) is 4.42. The summed E-state index contributed by atoms with van der Waals surface area (Å²) in [5.74, 6) is 1.05. The van der Waals surface area contributed by atoms with E-state index in [1.165, 1.54) is 86.6 Å². The Hall–Kier alpha value is -2.18. The van der Waals surface area contributed by atoms with Gasteiger partial charge in [0.1, 0.15) is 5.75 Å². The van der Waals surface area contributed by atoms with Gasteiger partial charge in [-0.05, 0) is 67.4 Å². The fourth-order valence-corrected chi connectivity index (χ4v) is 11.1. The van der Waals surface area contributed by atoms with E-state index in [4.69, 9.17) is 4.99 Å². The molecule has 2 aliphatic carbocycles. The SMILES string of the molecule is Oc1ccccc1C1(C2CCCCC2)CCP(C2CCCCC2)C1=Nc1cccc2ccccc12. The van der Waals surface area contributed by atoms with Crippen molar-refractivity contribution in [1.29, 1.82) is 0 Å². The van der Waals surface area contributed by atoms with Crippen molar-refractivity contribution in [3.05, 3.63) is 72.3 Å². The number of benzene rings is 3. The second-order valence-electron chi connectivity index (χ2n) is 11.0. The Morgan fingerprint density at radius 2 is 1.43 bits per heavy atom. The fourth-order valence-electron chi connectivity index (χ4n) is 7.41. The zero-order valence-corrected chi connectivity index (χ0v) is 21.7. The maximum absolute atomic E-state index is 11.3. The molecule has 3 aromatic rings. The van der Waals surface area contributed by atoms with Gasteiger partial charge in [0.2, 0.25) is 0 Å². The highest BCUT2D eigenvalue weighted by Gasteiger charge is 2.54. The number of para-hydroxylation sites is 1. The van der Waals surface area contributed by atoms with Gasteiger partial charge in [0.25, 0.3) is 0 Å². The number of hydrogen-bond acceptors (Lipinski definition) is 2. The average molecular weight is 484 g/mol. The van der Waals surface area contributed by atoms with E-state index >= 15 is 0 Å². The number of rotatable bonds is 4. The van der Waals surface area contributed by atoms with Crippen molar-refractivity contribution in [1.82, 2.24) is 0 Å². The van der Waals surface area contributed by atoms with Crippen LogP contribution in [0.2, 0.25) is 0 Å². The standard InChI is InChI=1S/C32H38NOP/c34-30-21-10-9-19-28(30)32(25-14-3-1-4-15-25)22-23-35(26-16-5-2-6-17-26)31(32)33-29-20-11-13-24-12-7-8-18-27(24)29/h7-13,18-21,25-26,34H,1-6,14-17,22-23H2. The molecule has 0 radical (unpaired) electrons. The third-order valence-electron chi connectivity index (χ3n) is 9.11. The van der Waals surface area contributed by atoms with Gasteiger partial charge in [-0.3, -0.25) is 4.99 Å². The summed E-state index contributed by atoms with van der Waals surface area (Å²) in [6.45, 7) is 0. The van der Waals surface area contributed by atoms with Gasteiger partial charge in [0, 0.05) is 16.4 Å². The Morgan fingerprint density at radius 3 is 2.23 bits per heavy atom. The molecule has 1 N–H and O–H groups in total. The molecule has 1 saturated heterocycles. The zero-order valence-electron chi connectivity index (χ0n) is 20.8. The second kappa shape index (κ2) is 10.1. The molecular weight excluding hydrogens is 445 g/mol. The maximum Gasteiger partial charge on any atom is 0.119 e. The summed E-state index contributed by atoms with van der Waals surface area (Å²) in [6, 6.07) is 23.5. The van der Waals surface area contributed by atoms with Gasteiger partial charge >= 0.3 is 0 Å². The number of aromatic hydroxyl groups is 1. The molecule has 1 heterocycles. The van der Waals surface area contributed by atoms with Crippen LogP contribution in [-0.2, 0) is 5.41 Å². The third kappa shape index (κ3) is 4.23. The largest absolute Gasteiger partial charge is 0.508 e. The van der Waals surface area contributed by atoms with Crippen molar-refractivity contribution < 1.29 is 5.11 Å². The number of fused-ring (bicyclic) bond motifs is 1. The van der Waals surface area contributed by atoms with Crippen molar-refractivity contribution in [2.45, 2.75) is 81.7 Å². The minimum Gasteiger partial charge on any atom is -0.508 e. The molecule has 0 bridgehead atoms. The lowest BCUT2D eigenvalue weighted by atomic mass is 9.64. The maximum atomic E-state index is 11.3. The lowest BCUT2D eigenvalue weighted by Crippen LogP contribution is -2.40. The molecule has 35 heavy (non-hydrogen) atoms. The Morgan fingerprint density at radius 1 is 0.743 bits per heavy atom. The van der Waals surface area contributed by atoms with E-state index in [0.29, 0.717) is 11.7 Å². The van der Waals surface area contributed by atoms with Crippen LogP contribution in [0.3, 0.4) is 0 Å². The summed E-state index contributed by atoms with van der Waals surface area (Å²) in [7, 11) is -0.316. The minimum atomic E-state index is -0.316. The molecule has 6 rings (SSSR count). The van der Waals surface area contributed by atoms with Crippen molar-refractivity contribution in [3.63, 3.8) is 0 Å². The zero-order chi connectivity index (χ0) is 23.7. The Balaban J connectivity index is 1.57. The van der Waals surface area contributed by atoms with Gasteiger partial charge in [0.15, 0.2) is 0 Å². The number of nitrogens with zero attached hydrogens (tertiary/aromatic N) is 1. The molecule has 182 valence electrons. The smallest absolute Gasteiger partial charge is 0.119 e. The summed E-state index contributed by atoms with van der Waals surface area (Å²) >= 11 is 0. The highest BCUT2D eigenvalue weighted by Crippen LogP contribution is 2.66. The molecule has 2 saturated carbocycles. The first kappa shape index (κ1) is 23.2. The molecule has 2 unspecified atom stereocenters. The molecule has 0 aromatic heterocycles. The van der Waals surface area contributed by atoms with Crippen LogP contribution in [-0.4, -0.2) is 22.4 Å². The van der Waals surface area contributed by atoms with Crippen molar-refractivity contribution >= 4 is 29.8 Å². The van der Waals surface area contributed by atoms with Crippen LogP contribution in [0.15, 0.2) is 71.7 Å². The van der Waals surface area contributed by atoms with E-state index in [-0.39, 0.29) is 13.3 Å². The third-order valence-corrected chi connectivity index (χ3v) is 12.3. The predicted octanol–water partition coefficient (Wildman–Crippen LogP) is 9.31. The highest BCUT2D eigenvalue weighted by atomic mass is 31.1. The van der Waals surface area contributed by atoms with E-state index in [0.717, 1.165) is 23.3 Å². The lowest BCUT2D eigenvalue weighted by molar-refractivity contribution is 0.257. The fraction of sp³-hybridized carbons (Fsp3) is 0.469. The van der Waals surface area contributed by atoms with Crippen LogP contribution in [0.4, 0.5) is 5.69 Å². The molecule has 3 heteroatoms. The van der Waals surface area contributed by atoms with Crippen LogP contribution in [0.5, 0.6) is 5.75 Å². The van der Waals surface area contributed by atoms with Crippen LogP contribution in [0.1, 0.15) is 76.2 Å². The molecule has 3 fully saturated rings. The van der Waals surface area contributed by atoms with Crippen LogP contribution in [0.25, 0.3) is 10.8 Å². The summed E-state index contributed by atoms with van der Waals surface area (Å²) in [6.07, 6.45) is 15.8. The van der Waals surface area contributed by atoms with Gasteiger partial charge in [0.05, 0.1) is 11.1 Å². The van der Waals surface area contributed by atoms with E-state index < -0.39 is 0 Å². The summed E-state index contributed by atoms with van der Waals surface area (Å²) in [5, 5.41) is 13.8. The molecule has 0 spiro atoms. The van der Waals surface area contributed by atoms with Gasteiger partial charge in [-0.15, -0.1) is 0 Å². The highest BCUT2D eigenvalue weighted by molar-refractivity contribution is 7.76. The first-order chi connectivity index (χ1) is 17.3. The Kier molecular flexibility index (Phi) is 6.68. The van der Waals surface area contributed by atoms with Crippen molar-refractivity contribution in [2.75, 3.05) is 6.16 Å². The number of phenols is 1. The van der Waals surface area contributed by atoms with Crippen molar-refractivity contribution in [3.8, 4) is 5.75 Å². The van der Waals surface area contributed by atoms with Gasteiger partial charge in [-0.2, -0.15) is 0 Å². The molecule has 2 atom stereocenters. The number of hydrogen-bond donors (Lipinski definition) is 1. The topological polar surface area (TPSA) is 32.6 Å². The van der Waals surface area contributed by atoms with E-state index in [9.17, 15) is 5.11 Å². The molecular formula is C32H38NOP. The number of aliphatic imine (C=N–C) groups is 1. The molecule has 3 aliphatic rings.